The van der Waals surface area contributed by atoms with Gasteiger partial charge in [-0.25, -0.2) is 14.5 Å². The van der Waals surface area contributed by atoms with Crippen LogP contribution in [0.25, 0.3) is 5.65 Å². The molecule has 0 saturated heterocycles. The topological polar surface area (TPSA) is 92.1 Å². The predicted octanol–water partition coefficient (Wildman–Crippen LogP) is 3.33. The minimum atomic E-state index is -0.177. The number of fused-ring (bicyclic) bond motifs is 2. The van der Waals surface area contributed by atoms with E-state index >= 15 is 0 Å². The van der Waals surface area contributed by atoms with Crippen molar-refractivity contribution < 1.29 is 4.79 Å². The Hall–Kier alpha value is -2.48. The van der Waals surface area contributed by atoms with Crippen molar-refractivity contribution in [2.45, 2.75) is 65.2 Å². The first-order valence-corrected chi connectivity index (χ1v) is 10.7. The van der Waals surface area contributed by atoms with Crippen LogP contribution in [0.5, 0.6) is 0 Å². The lowest BCUT2D eigenvalue weighted by Gasteiger charge is -2.11. The summed E-state index contributed by atoms with van der Waals surface area (Å²) in [6, 6.07) is 1.48. The number of hydrogen-bond acceptors (Lipinski definition) is 5. The molecule has 0 saturated carbocycles. The molecule has 8 heteroatoms. The van der Waals surface area contributed by atoms with Crippen LogP contribution in [0.4, 0.5) is 5.13 Å². The van der Waals surface area contributed by atoms with E-state index in [1.54, 1.807) is 15.9 Å². The molecule has 3 aromatic heterocycles. The van der Waals surface area contributed by atoms with Gasteiger partial charge in [0.2, 0.25) is 5.91 Å². The maximum absolute atomic E-state index is 12.5. The smallest absolute Gasteiger partial charge is 0.266 e. The summed E-state index contributed by atoms with van der Waals surface area (Å²) in [7, 11) is 0. The Kier molecular flexibility index (Phi) is 5.30. The van der Waals surface area contributed by atoms with Crippen LogP contribution in [0.3, 0.4) is 0 Å². The van der Waals surface area contributed by atoms with Crippen molar-refractivity contribution in [1.29, 1.82) is 0 Å². The number of aromatic nitrogens is 4. The fraction of sp³-hybridized carbons (Fsp3) is 0.500. The number of thiazole rings is 1. The highest BCUT2D eigenvalue weighted by atomic mass is 32.1. The lowest BCUT2D eigenvalue weighted by Crippen LogP contribution is -2.14. The highest BCUT2D eigenvalue weighted by Crippen LogP contribution is 2.28. The standard InChI is InChI=1S/C20H25N5O2S/c1-12-14(13(2)25-17(21-12)11-19(27)24-25)9-10-18(26)23-20-22-15-7-5-3-4-6-8-16(15)28-20/h11H,3-10H2,1-2H3,(H,24,27)(H,22,23,26). The highest BCUT2D eigenvalue weighted by molar-refractivity contribution is 7.15. The molecule has 0 radical (unpaired) electrons. The van der Waals surface area contributed by atoms with Crippen molar-refractivity contribution in [2.24, 2.45) is 0 Å². The summed E-state index contributed by atoms with van der Waals surface area (Å²) >= 11 is 1.62. The molecule has 2 N–H and O–H groups in total. The second-order valence-corrected chi connectivity index (χ2v) is 8.51. The fourth-order valence-corrected chi connectivity index (χ4v) is 4.96. The molecule has 3 heterocycles. The van der Waals surface area contributed by atoms with E-state index in [2.05, 4.69) is 20.4 Å². The van der Waals surface area contributed by atoms with Gasteiger partial charge < -0.3 is 5.32 Å². The molecule has 28 heavy (non-hydrogen) atoms. The Morgan fingerprint density at radius 1 is 1.21 bits per heavy atom. The third kappa shape index (κ3) is 3.87. The largest absolute Gasteiger partial charge is 0.302 e. The summed E-state index contributed by atoms with van der Waals surface area (Å²) in [6.45, 7) is 3.85. The number of anilines is 1. The van der Waals surface area contributed by atoms with Crippen LogP contribution in [-0.4, -0.2) is 25.5 Å². The molecule has 1 amide bonds. The number of rotatable bonds is 4. The number of nitrogens with one attached hydrogen (secondary N) is 2. The molecule has 0 spiro atoms. The van der Waals surface area contributed by atoms with Gasteiger partial charge in [-0.3, -0.25) is 14.7 Å². The maximum Gasteiger partial charge on any atom is 0.266 e. The molecule has 0 aliphatic heterocycles. The molecule has 0 bridgehead atoms. The van der Waals surface area contributed by atoms with E-state index in [9.17, 15) is 9.59 Å². The van der Waals surface area contributed by atoms with Gasteiger partial charge in [0.25, 0.3) is 5.56 Å². The van der Waals surface area contributed by atoms with Crippen molar-refractivity contribution in [1.82, 2.24) is 19.6 Å². The number of carbonyl (C=O) groups is 1. The Morgan fingerprint density at radius 2 is 2.00 bits per heavy atom. The molecule has 0 atom stereocenters. The summed E-state index contributed by atoms with van der Waals surface area (Å²) in [4.78, 5) is 34.5. The summed E-state index contributed by atoms with van der Waals surface area (Å²) in [6.07, 6.45) is 7.94. The van der Waals surface area contributed by atoms with Crippen molar-refractivity contribution in [2.75, 3.05) is 5.32 Å². The minimum Gasteiger partial charge on any atom is -0.302 e. The number of amides is 1. The molecule has 4 rings (SSSR count). The van der Waals surface area contributed by atoms with Crippen molar-refractivity contribution in [3.8, 4) is 0 Å². The summed E-state index contributed by atoms with van der Waals surface area (Å²) in [5, 5.41) is 6.44. The lowest BCUT2D eigenvalue weighted by molar-refractivity contribution is -0.116. The van der Waals surface area contributed by atoms with Gasteiger partial charge in [-0.05, 0) is 51.5 Å². The molecular weight excluding hydrogens is 374 g/mol. The molecule has 148 valence electrons. The van der Waals surface area contributed by atoms with Gasteiger partial charge in [-0.2, -0.15) is 0 Å². The molecule has 3 aromatic rings. The molecule has 1 aliphatic carbocycles. The van der Waals surface area contributed by atoms with Crippen LogP contribution < -0.4 is 10.9 Å². The Balaban J connectivity index is 1.44. The first kappa shape index (κ1) is 18.9. The second-order valence-electron chi connectivity index (χ2n) is 7.43. The van der Waals surface area contributed by atoms with Gasteiger partial charge in [-0.15, -0.1) is 11.3 Å². The van der Waals surface area contributed by atoms with Gasteiger partial charge in [0, 0.05) is 28.8 Å². The third-order valence-corrected chi connectivity index (χ3v) is 6.47. The van der Waals surface area contributed by atoms with Crippen LogP contribution in [0.15, 0.2) is 10.9 Å². The van der Waals surface area contributed by atoms with E-state index in [-0.39, 0.29) is 11.5 Å². The van der Waals surface area contributed by atoms with Crippen molar-refractivity contribution in [3.63, 3.8) is 0 Å². The third-order valence-electron chi connectivity index (χ3n) is 5.40. The number of H-pyrrole nitrogens is 1. The zero-order chi connectivity index (χ0) is 19.7. The first-order chi connectivity index (χ1) is 13.5. The van der Waals surface area contributed by atoms with E-state index in [0.717, 1.165) is 35.5 Å². The summed E-state index contributed by atoms with van der Waals surface area (Å²) in [5.74, 6) is -0.0402. The average Bonchev–Trinajstić information content (AvgIpc) is 3.17. The Bertz CT molecular complexity index is 1050. The molecular formula is C20H25N5O2S. The van der Waals surface area contributed by atoms with Crippen LogP contribution in [-0.2, 0) is 24.1 Å². The van der Waals surface area contributed by atoms with E-state index in [0.29, 0.717) is 23.6 Å². The molecule has 0 aromatic carbocycles. The zero-order valence-electron chi connectivity index (χ0n) is 16.3. The van der Waals surface area contributed by atoms with Gasteiger partial charge in [0.1, 0.15) is 0 Å². The SMILES string of the molecule is Cc1nc2cc(=O)[nH]n2c(C)c1CCC(=O)Nc1nc2c(s1)CCCCCC2. The maximum atomic E-state index is 12.5. The van der Waals surface area contributed by atoms with Gasteiger partial charge >= 0.3 is 0 Å². The van der Waals surface area contributed by atoms with Crippen molar-refractivity contribution >= 4 is 28.0 Å². The number of nitrogens with zero attached hydrogens (tertiary/aromatic N) is 3. The van der Waals surface area contributed by atoms with Crippen LogP contribution >= 0.6 is 11.3 Å². The van der Waals surface area contributed by atoms with Gasteiger partial charge in [-0.1, -0.05) is 12.8 Å². The van der Waals surface area contributed by atoms with Crippen LogP contribution in [0, 0.1) is 13.8 Å². The molecule has 7 nitrogen and oxygen atoms in total. The van der Waals surface area contributed by atoms with E-state index in [4.69, 9.17) is 0 Å². The summed E-state index contributed by atoms with van der Waals surface area (Å²) < 4.78 is 1.68. The first-order valence-electron chi connectivity index (χ1n) is 9.87. The normalized spacial score (nSPS) is 14.5. The number of carbonyl (C=O) groups excluding carboxylic acids is 1. The summed E-state index contributed by atoms with van der Waals surface area (Å²) in [5.41, 5.74) is 4.34. The van der Waals surface area contributed by atoms with Crippen LogP contribution in [0.1, 0.15) is 59.6 Å². The number of aromatic amines is 1. The minimum absolute atomic E-state index is 0.0402. The van der Waals surface area contributed by atoms with Gasteiger partial charge in [0.15, 0.2) is 10.8 Å². The van der Waals surface area contributed by atoms with Crippen LogP contribution in [0.2, 0.25) is 0 Å². The second kappa shape index (κ2) is 7.87. The molecule has 0 fully saturated rings. The quantitative estimate of drug-likeness (QED) is 0.704. The Labute approximate surface area is 167 Å². The van der Waals surface area contributed by atoms with Gasteiger partial charge in [0.05, 0.1) is 5.69 Å². The predicted molar refractivity (Wildman–Crippen MR) is 110 cm³/mol. The lowest BCUT2D eigenvalue weighted by atomic mass is 10.0. The van der Waals surface area contributed by atoms with E-state index < -0.39 is 0 Å². The monoisotopic (exact) mass is 399 g/mol. The number of aryl methyl sites for hydroxylation is 4. The average molecular weight is 400 g/mol. The molecule has 1 aliphatic rings. The van der Waals surface area contributed by atoms with Crippen molar-refractivity contribution in [3.05, 3.63) is 43.9 Å². The Morgan fingerprint density at radius 3 is 2.82 bits per heavy atom. The fourth-order valence-electron chi connectivity index (χ4n) is 3.90. The van der Waals surface area contributed by atoms with E-state index in [1.165, 1.54) is 36.6 Å². The van der Waals surface area contributed by atoms with E-state index in [1.807, 2.05) is 13.8 Å². The molecule has 0 unspecified atom stereocenters. The highest BCUT2D eigenvalue weighted by Gasteiger charge is 2.16. The number of hydrogen-bond donors (Lipinski definition) is 2. The zero-order valence-corrected chi connectivity index (χ0v) is 17.1.